The Bertz CT molecular complexity index is 375. The van der Waals surface area contributed by atoms with E-state index in [4.69, 9.17) is 10.4 Å². The molecular formula is C10H13N3O. The first-order valence-electron chi connectivity index (χ1n) is 4.96. The van der Waals surface area contributed by atoms with E-state index < -0.39 is 0 Å². The van der Waals surface area contributed by atoms with Gasteiger partial charge >= 0.3 is 0 Å². The van der Waals surface area contributed by atoms with Gasteiger partial charge in [-0.3, -0.25) is 4.68 Å². The fourth-order valence-electron chi connectivity index (χ4n) is 2.04. The molecule has 0 unspecified atom stereocenters. The highest BCUT2D eigenvalue weighted by Gasteiger charge is 2.19. The van der Waals surface area contributed by atoms with E-state index in [0.717, 1.165) is 36.9 Å². The molecule has 0 saturated heterocycles. The first-order chi connectivity index (χ1) is 6.86. The van der Waals surface area contributed by atoms with Crippen molar-refractivity contribution >= 4 is 0 Å². The van der Waals surface area contributed by atoms with E-state index in [1.54, 1.807) is 4.68 Å². The molecule has 4 nitrogen and oxygen atoms in total. The van der Waals surface area contributed by atoms with Gasteiger partial charge in [0.05, 0.1) is 13.2 Å². The molecule has 0 amide bonds. The SMILES string of the molecule is N#Cc1nn(CCO)c2c1CCCC2. The van der Waals surface area contributed by atoms with E-state index in [0.29, 0.717) is 12.2 Å². The monoisotopic (exact) mass is 191 g/mol. The first-order valence-corrected chi connectivity index (χ1v) is 4.96. The highest BCUT2D eigenvalue weighted by molar-refractivity contribution is 5.36. The minimum absolute atomic E-state index is 0.0823. The molecule has 1 aliphatic carbocycles. The summed E-state index contributed by atoms with van der Waals surface area (Å²) < 4.78 is 1.78. The zero-order valence-electron chi connectivity index (χ0n) is 8.03. The number of nitriles is 1. The fourth-order valence-corrected chi connectivity index (χ4v) is 2.04. The highest BCUT2D eigenvalue weighted by Crippen LogP contribution is 2.23. The second-order valence-corrected chi connectivity index (χ2v) is 3.54. The largest absolute Gasteiger partial charge is 0.394 e. The van der Waals surface area contributed by atoms with Crippen molar-refractivity contribution in [3.8, 4) is 6.07 Å². The Kier molecular flexibility index (Phi) is 2.51. The Morgan fingerprint density at radius 2 is 2.21 bits per heavy atom. The molecule has 1 aromatic rings. The summed E-state index contributed by atoms with van der Waals surface area (Å²) in [5, 5.41) is 21.9. The maximum Gasteiger partial charge on any atom is 0.165 e. The standard InChI is InChI=1S/C10H13N3O/c11-7-9-8-3-1-2-4-10(8)13(12-9)5-6-14/h14H,1-6H2. The summed E-state index contributed by atoms with van der Waals surface area (Å²) >= 11 is 0. The Hall–Kier alpha value is -1.34. The predicted molar refractivity (Wildman–Crippen MR) is 50.7 cm³/mol. The third-order valence-electron chi connectivity index (χ3n) is 2.67. The summed E-state index contributed by atoms with van der Waals surface area (Å²) in [6.07, 6.45) is 4.26. The molecule has 4 heteroatoms. The molecule has 0 fully saturated rings. The number of rotatable bonds is 2. The molecule has 14 heavy (non-hydrogen) atoms. The van der Waals surface area contributed by atoms with Crippen molar-refractivity contribution in [2.24, 2.45) is 0 Å². The van der Waals surface area contributed by atoms with Gasteiger partial charge in [0.15, 0.2) is 5.69 Å². The van der Waals surface area contributed by atoms with Gasteiger partial charge in [-0.2, -0.15) is 10.4 Å². The van der Waals surface area contributed by atoms with Gasteiger partial charge in [0, 0.05) is 11.3 Å². The highest BCUT2D eigenvalue weighted by atomic mass is 16.3. The van der Waals surface area contributed by atoms with Crippen LogP contribution in [0, 0.1) is 11.3 Å². The number of hydrogen-bond donors (Lipinski definition) is 1. The lowest BCUT2D eigenvalue weighted by molar-refractivity contribution is 0.266. The summed E-state index contributed by atoms with van der Waals surface area (Å²) in [4.78, 5) is 0. The predicted octanol–water partition coefficient (Wildman–Crippen LogP) is 0.626. The summed E-state index contributed by atoms with van der Waals surface area (Å²) in [7, 11) is 0. The quantitative estimate of drug-likeness (QED) is 0.745. The van der Waals surface area contributed by atoms with Crippen LogP contribution in [0.4, 0.5) is 0 Å². The van der Waals surface area contributed by atoms with Crippen molar-refractivity contribution in [3.05, 3.63) is 17.0 Å². The van der Waals surface area contributed by atoms with Crippen LogP contribution in [0.1, 0.15) is 29.8 Å². The molecule has 1 aliphatic rings. The average molecular weight is 191 g/mol. The molecule has 1 aromatic heterocycles. The maximum atomic E-state index is 8.89. The van der Waals surface area contributed by atoms with Crippen molar-refractivity contribution in [2.75, 3.05) is 6.61 Å². The second-order valence-electron chi connectivity index (χ2n) is 3.54. The second kappa shape index (κ2) is 3.81. The third kappa shape index (κ3) is 1.40. The van der Waals surface area contributed by atoms with Gasteiger partial charge in [-0.1, -0.05) is 0 Å². The summed E-state index contributed by atoms with van der Waals surface area (Å²) in [6, 6.07) is 2.12. The first kappa shape index (κ1) is 9.22. The molecule has 1 heterocycles. The molecule has 0 atom stereocenters. The van der Waals surface area contributed by atoms with Crippen LogP contribution in [-0.4, -0.2) is 21.5 Å². The number of hydrogen-bond acceptors (Lipinski definition) is 3. The van der Waals surface area contributed by atoms with E-state index in [1.165, 1.54) is 0 Å². The van der Waals surface area contributed by atoms with Crippen LogP contribution in [0.5, 0.6) is 0 Å². The smallest absolute Gasteiger partial charge is 0.165 e. The van der Waals surface area contributed by atoms with E-state index in [1.807, 2.05) is 0 Å². The number of nitrogens with zero attached hydrogens (tertiary/aromatic N) is 3. The summed E-state index contributed by atoms with van der Waals surface area (Å²) in [5.41, 5.74) is 2.81. The minimum atomic E-state index is 0.0823. The molecule has 0 bridgehead atoms. The molecule has 74 valence electrons. The van der Waals surface area contributed by atoms with Crippen molar-refractivity contribution in [1.82, 2.24) is 9.78 Å². The van der Waals surface area contributed by atoms with Crippen molar-refractivity contribution in [1.29, 1.82) is 5.26 Å². The van der Waals surface area contributed by atoms with Crippen LogP contribution in [0.25, 0.3) is 0 Å². The number of aromatic nitrogens is 2. The number of aliphatic hydroxyl groups excluding tert-OH is 1. The Balaban J connectivity index is 2.42. The molecule has 0 radical (unpaired) electrons. The van der Waals surface area contributed by atoms with Crippen LogP contribution >= 0.6 is 0 Å². The van der Waals surface area contributed by atoms with Gasteiger partial charge in [-0.05, 0) is 25.7 Å². The van der Waals surface area contributed by atoms with Crippen molar-refractivity contribution in [2.45, 2.75) is 32.2 Å². The van der Waals surface area contributed by atoms with Crippen LogP contribution in [0.3, 0.4) is 0 Å². The van der Waals surface area contributed by atoms with E-state index in [2.05, 4.69) is 11.2 Å². The molecular weight excluding hydrogens is 178 g/mol. The lowest BCUT2D eigenvalue weighted by Gasteiger charge is -2.12. The Labute approximate surface area is 82.8 Å². The molecule has 0 aromatic carbocycles. The van der Waals surface area contributed by atoms with Gasteiger partial charge in [-0.15, -0.1) is 0 Å². The summed E-state index contributed by atoms with van der Waals surface area (Å²) in [5.74, 6) is 0. The van der Waals surface area contributed by atoms with Gasteiger partial charge in [0.1, 0.15) is 6.07 Å². The van der Waals surface area contributed by atoms with E-state index >= 15 is 0 Å². The van der Waals surface area contributed by atoms with Gasteiger partial charge in [0.2, 0.25) is 0 Å². The Morgan fingerprint density at radius 1 is 1.43 bits per heavy atom. The van der Waals surface area contributed by atoms with E-state index in [9.17, 15) is 0 Å². The molecule has 0 spiro atoms. The van der Waals surface area contributed by atoms with Crippen molar-refractivity contribution in [3.63, 3.8) is 0 Å². The van der Waals surface area contributed by atoms with Crippen LogP contribution in [0.2, 0.25) is 0 Å². The zero-order chi connectivity index (χ0) is 9.97. The molecule has 0 aliphatic heterocycles. The molecule has 0 saturated carbocycles. The lowest BCUT2D eigenvalue weighted by atomic mass is 9.96. The summed E-state index contributed by atoms with van der Waals surface area (Å²) in [6.45, 7) is 0.586. The number of aliphatic hydroxyl groups is 1. The Morgan fingerprint density at radius 3 is 2.93 bits per heavy atom. The topological polar surface area (TPSA) is 61.8 Å². The normalized spacial score (nSPS) is 14.9. The molecule has 2 rings (SSSR count). The number of fused-ring (bicyclic) bond motifs is 1. The van der Waals surface area contributed by atoms with Gasteiger partial charge in [0.25, 0.3) is 0 Å². The molecule has 1 N–H and O–H groups in total. The van der Waals surface area contributed by atoms with Gasteiger partial charge in [-0.25, -0.2) is 0 Å². The lowest BCUT2D eigenvalue weighted by Crippen LogP contribution is -2.11. The maximum absolute atomic E-state index is 8.89. The average Bonchev–Trinajstić information content (AvgIpc) is 2.58. The van der Waals surface area contributed by atoms with Crippen LogP contribution in [0.15, 0.2) is 0 Å². The van der Waals surface area contributed by atoms with Crippen LogP contribution < -0.4 is 0 Å². The van der Waals surface area contributed by atoms with E-state index in [-0.39, 0.29) is 6.61 Å². The fraction of sp³-hybridized carbons (Fsp3) is 0.600. The third-order valence-corrected chi connectivity index (χ3v) is 2.67. The van der Waals surface area contributed by atoms with Crippen LogP contribution in [-0.2, 0) is 19.4 Å². The van der Waals surface area contributed by atoms with Gasteiger partial charge < -0.3 is 5.11 Å². The van der Waals surface area contributed by atoms with Crippen molar-refractivity contribution < 1.29 is 5.11 Å². The zero-order valence-corrected chi connectivity index (χ0v) is 8.03. The minimum Gasteiger partial charge on any atom is -0.394 e.